The fraction of sp³-hybridized carbons (Fsp3) is 0.448. The second-order valence-electron chi connectivity index (χ2n) is 10.6. The number of fused-ring (bicyclic) bond motifs is 2. The van der Waals surface area contributed by atoms with Crippen LogP contribution in [0.25, 0.3) is 11.0 Å². The number of aryl methyl sites for hydroxylation is 2. The highest BCUT2D eigenvalue weighted by Gasteiger charge is 2.28. The van der Waals surface area contributed by atoms with Crippen LogP contribution in [0.4, 0.5) is 0 Å². The van der Waals surface area contributed by atoms with Crippen molar-refractivity contribution >= 4 is 16.9 Å². The van der Waals surface area contributed by atoms with E-state index in [0.29, 0.717) is 11.1 Å². The van der Waals surface area contributed by atoms with Crippen molar-refractivity contribution in [3.8, 4) is 5.75 Å². The van der Waals surface area contributed by atoms with Crippen LogP contribution in [0.1, 0.15) is 55.4 Å². The topological polar surface area (TPSA) is 71.8 Å². The molecule has 6 heteroatoms. The first-order valence-corrected chi connectivity index (χ1v) is 12.6. The molecule has 1 aromatic heterocycles. The quantitative estimate of drug-likeness (QED) is 0.550. The average molecular weight is 475 g/mol. The Bertz CT molecular complexity index is 1290. The van der Waals surface area contributed by atoms with Crippen LogP contribution in [-0.4, -0.2) is 35.5 Å². The summed E-state index contributed by atoms with van der Waals surface area (Å²) < 4.78 is 11.7. The van der Waals surface area contributed by atoms with Gasteiger partial charge in [0.25, 0.3) is 0 Å². The van der Waals surface area contributed by atoms with E-state index >= 15 is 0 Å². The third-order valence-corrected chi connectivity index (χ3v) is 7.39. The highest BCUT2D eigenvalue weighted by Crippen LogP contribution is 2.36. The van der Waals surface area contributed by atoms with E-state index in [-0.39, 0.29) is 24.0 Å². The molecule has 0 saturated carbocycles. The van der Waals surface area contributed by atoms with E-state index in [1.165, 1.54) is 5.56 Å². The summed E-state index contributed by atoms with van der Waals surface area (Å²) in [7, 11) is 0. The van der Waals surface area contributed by atoms with Crippen molar-refractivity contribution in [2.45, 2.75) is 71.1 Å². The van der Waals surface area contributed by atoms with Gasteiger partial charge in [-0.1, -0.05) is 30.3 Å². The largest absolute Gasteiger partial charge is 0.487 e. The molecule has 2 aromatic carbocycles. The standard InChI is InChI=1S/C29H34N2O4/c1-19-23-15-21-9-12-29(2,3)35-25(21)17-26(23)34-28(33)24(19)16-27(32)30-22-10-13-31(14-11-22)18-20-7-5-4-6-8-20/h4-8,15,17,22H,9-14,16,18H2,1-3H3,(H,30,32). The first kappa shape index (κ1) is 23.6. The Kier molecular flexibility index (Phi) is 6.41. The van der Waals surface area contributed by atoms with Gasteiger partial charge in [-0.15, -0.1) is 0 Å². The molecular weight excluding hydrogens is 440 g/mol. The first-order valence-electron chi connectivity index (χ1n) is 12.6. The van der Waals surface area contributed by atoms with Crippen LogP contribution >= 0.6 is 0 Å². The van der Waals surface area contributed by atoms with Gasteiger partial charge in [0.05, 0.1) is 12.0 Å². The van der Waals surface area contributed by atoms with Crippen LogP contribution in [0, 0.1) is 6.92 Å². The van der Waals surface area contributed by atoms with Crippen LogP contribution in [0.2, 0.25) is 0 Å². The highest BCUT2D eigenvalue weighted by molar-refractivity contribution is 5.86. The van der Waals surface area contributed by atoms with Crippen molar-refractivity contribution < 1.29 is 13.9 Å². The monoisotopic (exact) mass is 474 g/mol. The van der Waals surface area contributed by atoms with Gasteiger partial charge >= 0.3 is 5.63 Å². The maximum absolute atomic E-state index is 12.9. The summed E-state index contributed by atoms with van der Waals surface area (Å²) in [5.74, 6) is 0.657. The van der Waals surface area contributed by atoms with Crippen LogP contribution < -0.4 is 15.7 Å². The molecule has 0 aliphatic carbocycles. The molecule has 0 bridgehead atoms. The van der Waals surface area contributed by atoms with Gasteiger partial charge in [-0.25, -0.2) is 4.79 Å². The maximum Gasteiger partial charge on any atom is 0.340 e. The van der Waals surface area contributed by atoms with E-state index in [4.69, 9.17) is 9.15 Å². The van der Waals surface area contributed by atoms with Gasteiger partial charge in [-0.2, -0.15) is 0 Å². The normalized spacial score (nSPS) is 18.1. The molecule has 3 heterocycles. The number of carbonyl (C=O) groups is 1. The predicted molar refractivity (Wildman–Crippen MR) is 137 cm³/mol. The molecule has 1 fully saturated rings. The van der Waals surface area contributed by atoms with Gasteiger partial charge < -0.3 is 14.5 Å². The maximum atomic E-state index is 12.9. The summed E-state index contributed by atoms with van der Waals surface area (Å²) in [5, 5.41) is 4.03. The smallest absolute Gasteiger partial charge is 0.340 e. The van der Waals surface area contributed by atoms with E-state index in [0.717, 1.165) is 67.6 Å². The molecule has 1 saturated heterocycles. The fourth-order valence-electron chi connectivity index (χ4n) is 5.26. The molecule has 35 heavy (non-hydrogen) atoms. The highest BCUT2D eigenvalue weighted by atomic mass is 16.5. The Hall–Kier alpha value is -3.12. The lowest BCUT2D eigenvalue weighted by Gasteiger charge is -2.32. The molecule has 1 N–H and O–H groups in total. The molecule has 5 rings (SSSR count). The van der Waals surface area contributed by atoms with Crippen LogP contribution in [0.15, 0.2) is 51.7 Å². The molecule has 2 aliphatic rings. The van der Waals surface area contributed by atoms with Gasteiger partial charge in [-0.05, 0) is 69.2 Å². The minimum Gasteiger partial charge on any atom is -0.487 e. The number of hydrogen-bond donors (Lipinski definition) is 1. The molecule has 3 aromatic rings. The number of amides is 1. The number of piperidine rings is 1. The molecular formula is C29H34N2O4. The summed E-state index contributed by atoms with van der Waals surface area (Å²) in [6.07, 6.45) is 3.70. The Morgan fingerprint density at radius 1 is 1.14 bits per heavy atom. The second kappa shape index (κ2) is 9.50. The lowest BCUT2D eigenvalue weighted by molar-refractivity contribution is -0.121. The van der Waals surface area contributed by atoms with Gasteiger partial charge in [0.2, 0.25) is 5.91 Å². The number of rotatable bonds is 5. The lowest BCUT2D eigenvalue weighted by Crippen LogP contribution is -2.45. The Balaban J connectivity index is 1.24. The Morgan fingerprint density at radius 3 is 2.63 bits per heavy atom. The molecule has 0 atom stereocenters. The molecule has 0 unspecified atom stereocenters. The summed E-state index contributed by atoms with van der Waals surface area (Å²) >= 11 is 0. The number of nitrogens with zero attached hydrogens (tertiary/aromatic N) is 1. The van der Waals surface area contributed by atoms with Crippen molar-refractivity contribution in [1.29, 1.82) is 0 Å². The third-order valence-electron chi connectivity index (χ3n) is 7.39. The van der Waals surface area contributed by atoms with Gasteiger partial charge in [0.15, 0.2) is 0 Å². The average Bonchev–Trinajstić information content (AvgIpc) is 2.82. The minimum absolute atomic E-state index is 0.0367. The van der Waals surface area contributed by atoms with Crippen molar-refractivity contribution in [3.05, 3.63) is 75.1 Å². The van der Waals surface area contributed by atoms with Crippen molar-refractivity contribution in [1.82, 2.24) is 10.2 Å². The summed E-state index contributed by atoms with van der Waals surface area (Å²) in [5.41, 5.74) is 3.52. The first-order chi connectivity index (χ1) is 16.8. The van der Waals surface area contributed by atoms with E-state index < -0.39 is 5.63 Å². The second-order valence-corrected chi connectivity index (χ2v) is 10.6. The van der Waals surface area contributed by atoms with E-state index in [2.05, 4.69) is 54.4 Å². The molecule has 2 aliphatic heterocycles. The van der Waals surface area contributed by atoms with Crippen molar-refractivity contribution in [3.63, 3.8) is 0 Å². The Morgan fingerprint density at radius 2 is 1.89 bits per heavy atom. The van der Waals surface area contributed by atoms with Crippen molar-refractivity contribution in [2.24, 2.45) is 0 Å². The number of nitrogens with one attached hydrogen (secondary N) is 1. The van der Waals surface area contributed by atoms with Gasteiger partial charge in [0.1, 0.15) is 16.9 Å². The third kappa shape index (κ3) is 5.27. The number of benzene rings is 2. The number of hydrogen-bond acceptors (Lipinski definition) is 5. The minimum atomic E-state index is -0.446. The lowest BCUT2D eigenvalue weighted by atomic mass is 9.92. The molecule has 0 radical (unpaired) electrons. The molecule has 184 valence electrons. The van der Waals surface area contributed by atoms with E-state index in [9.17, 15) is 9.59 Å². The van der Waals surface area contributed by atoms with Crippen molar-refractivity contribution in [2.75, 3.05) is 13.1 Å². The fourth-order valence-corrected chi connectivity index (χ4v) is 5.26. The van der Waals surface area contributed by atoms with Gasteiger partial charge in [-0.3, -0.25) is 9.69 Å². The number of carbonyl (C=O) groups excluding carboxylic acids is 1. The van der Waals surface area contributed by atoms with Crippen LogP contribution in [0.3, 0.4) is 0 Å². The zero-order valence-corrected chi connectivity index (χ0v) is 20.9. The predicted octanol–water partition coefficient (Wildman–Crippen LogP) is 4.53. The Labute approximate surface area is 206 Å². The molecule has 1 amide bonds. The number of likely N-dealkylation sites (tertiary alicyclic amines) is 1. The zero-order chi connectivity index (χ0) is 24.6. The summed E-state index contributed by atoms with van der Waals surface area (Å²) in [6, 6.07) is 14.5. The number of ether oxygens (including phenoxy) is 1. The van der Waals surface area contributed by atoms with E-state index in [1.54, 1.807) is 0 Å². The SMILES string of the molecule is Cc1c(CC(=O)NC2CCN(Cc3ccccc3)CC2)c(=O)oc2cc3c(cc12)CCC(C)(C)O3. The zero-order valence-electron chi connectivity index (χ0n) is 20.9. The van der Waals surface area contributed by atoms with Crippen LogP contribution in [-0.2, 0) is 24.2 Å². The van der Waals surface area contributed by atoms with E-state index in [1.807, 2.05) is 19.1 Å². The molecule has 0 spiro atoms. The van der Waals surface area contributed by atoms with Crippen LogP contribution in [0.5, 0.6) is 5.75 Å². The summed E-state index contributed by atoms with van der Waals surface area (Å²) in [6.45, 7) is 8.86. The van der Waals surface area contributed by atoms with Gasteiger partial charge in [0, 0.05) is 37.1 Å². The molecule has 6 nitrogen and oxygen atoms in total. The summed E-state index contributed by atoms with van der Waals surface area (Å²) in [4.78, 5) is 28.1.